The van der Waals surface area contributed by atoms with E-state index in [1.54, 1.807) is 0 Å². The zero-order valence-corrected chi connectivity index (χ0v) is 23.8. The van der Waals surface area contributed by atoms with E-state index >= 15 is 0 Å². The molecule has 36 heavy (non-hydrogen) atoms. The number of nitrogens with zero attached hydrogens (tertiary/aromatic N) is 2. The Labute approximate surface area is 220 Å². The number of allylic oxidation sites excluding steroid dienone is 3. The molecule has 1 heterocycles. The lowest BCUT2D eigenvalue weighted by molar-refractivity contribution is -0.856. The molecule has 0 aromatic carbocycles. The number of unbranched alkanes of at least 4 members (excludes halogenated alkanes) is 2. The van der Waals surface area contributed by atoms with Crippen LogP contribution in [-0.4, -0.2) is 49.3 Å². The number of carbonyl (C=O) groups excluding carboxylic acids is 1. The summed E-state index contributed by atoms with van der Waals surface area (Å²) in [5.41, 5.74) is 15.9. The molecule has 0 bridgehead atoms. The molecule has 204 valence electrons. The maximum atomic E-state index is 13.7. The fourth-order valence-corrected chi connectivity index (χ4v) is 4.67. The average Bonchev–Trinajstić information content (AvgIpc) is 2.84. The van der Waals surface area contributed by atoms with Gasteiger partial charge >= 0.3 is 0 Å². The molecule has 0 aromatic heterocycles. The first-order valence-corrected chi connectivity index (χ1v) is 14.0. The summed E-state index contributed by atoms with van der Waals surface area (Å²) in [7, 11) is 2.20. The molecule has 6 N–H and O–H groups in total. The first kappa shape index (κ1) is 32.0. The van der Waals surface area contributed by atoms with E-state index in [2.05, 4.69) is 69.8 Å². The van der Waals surface area contributed by atoms with Gasteiger partial charge in [-0.2, -0.15) is 5.26 Å². The van der Waals surface area contributed by atoms with E-state index in [0.29, 0.717) is 13.0 Å². The van der Waals surface area contributed by atoms with Crippen LogP contribution in [0.5, 0.6) is 0 Å². The molecule has 1 rings (SSSR count). The zero-order valence-electron chi connectivity index (χ0n) is 23.8. The minimum Gasteiger partial charge on any atom is -0.324 e. The number of hydrogen-bond donors (Lipinski definition) is 4. The third kappa shape index (κ3) is 10.6. The van der Waals surface area contributed by atoms with Crippen molar-refractivity contribution in [2.75, 3.05) is 26.7 Å². The van der Waals surface area contributed by atoms with Crippen molar-refractivity contribution < 1.29 is 9.28 Å². The van der Waals surface area contributed by atoms with Gasteiger partial charge in [0.15, 0.2) is 0 Å². The zero-order chi connectivity index (χ0) is 27.1. The Morgan fingerprint density at radius 2 is 1.92 bits per heavy atom. The molecule has 0 saturated carbocycles. The lowest BCUT2D eigenvalue weighted by Crippen LogP contribution is -2.57. The molecule has 1 amide bonds. The van der Waals surface area contributed by atoms with Crippen LogP contribution in [0, 0.1) is 23.2 Å². The normalized spacial score (nSPS) is 20.8. The second kappa shape index (κ2) is 16.7. The fraction of sp³-hybridized carbons (Fsp3) is 0.724. The Morgan fingerprint density at radius 1 is 1.22 bits per heavy atom. The molecule has 4 unspecified atom stereocenters. The molecule has 4 atom stereocenters. The van der Waals surface area contributed by atoms with Crippen LogP contribution in [0.15, 0.2) is 35.2 Å². The van der Waals surface area contributed by atoms with E-state index in [-0.39, 0.29) is 17.9 Å². The number of nitrogens with one attached hydrogen (secondary N) is 2. The maximum absolute atomic E-state index is 13.7. The molecular weight excluding hydrogens is 448 g/mol. The average molecular weight is 502 g/mol. The molecule has 0 saturated heterocycles. The van der Waals surface area contributed by atoms with Crippen LogP contribution in [-0.2, 0) is 4.79 Å². The highest BCUT2D eigenvalue weighted by atomic mass is 16.2. The molecule has 1 aliphatic heterocycles. The topological polar surface area (TPSA) is 117 Å². The van der Waals surface area contributed by atoms with Gasteiger partial charge in [0.05, 0.1) is 43.6 Å². The van der Waals surface area contributed by atoms with Crippen LogP contribution in [0.2, 0.25) is 0 Å². The number of hydrogen-bond acceptors (Lipinski definition) is 5. The SMILES string of the molecule is CCCCC(=CC(NCC(CC)CC#N)C(C(=O)NC1=C(C)C=C[N+](C)(CCCC)C1)C(N)N)CC. The Hall–Kier alpha value is -1.98. The van der Waals surface area contributed by atoms with Crippen molar-refractivity contribution in [3.05, 3.63) is 35.2 Å². The van der Waals surface area contributed by atoms with E-state index in [1.807, 2.05) is 6.92 Å². The summed E-state index contributed by atoms with van der Waals surface area (Å²) in [6.45, 7) is 13.1. The van der Waals surface area contributed by atoms with Gasteiger partial charge in [-0.1, -0.05) is 58.6 Å². The van der Waals surface area contributed by atoms with Crippen molar-refractivity contribution in [2.45, 2.75) is 98.2 Å². The van der Waals surface area contributed by atoms with Gasteiger partial charge in [0.2, 0.25) is 5.91 Å². The van der Waals surface area contributed by atoms with E-state index in [1.165, 1.54) is 5.57 Å². The Kier molecular flexibility index (Phi) is 14.9. The van der Waals surface area contributed by atoms with Crippen molar-refractivity contribution in [3.8, 4) is 6.07 Å². The Bertz CT molecular complexity index is 809. The standard InChI is InChI=1S/C29H52N6O/c1-7-11-13-23(9-3)19-25(33-20-24(10-4)14-16-30)27(28(31)32)29(36)34-26-21-35(6,17-12-8-2)18-15-22(26)5/h15,18-19,24-25,27-28,33H,7-14,17,20-21,31-32H2,1-6H3/p+1. The van der Waals surface area contributed by atoms with Gasteiger partial charge in [0, 0.05) is 12.5 Å². The highest BCUT2D eigenvalue weighted by molar-refractivity contribution is 5.82. The van der Waals surface area contributed by atoms with Crippen molar-refractivity contribution in [1.29, 1.82) is 5.26 Å². The van der Waals surface area contributed by atoms with Gasteiger partial charge in [-0.25, -0.2) is 0 Å². The van der Waals surface area contributed by atoms with Crippen LogP contribution >= 0.6 is 0 Å². The van der Waals surface area contributed by atoms with Crippen molar-refractivity contribution in [1.82, 2.24) is 10.6 Å². The summed E-state index contributed by atoms with van der Waals surface area (Å²) < 4.78 is 0.769. The third-order valence-corrected chi connectivity index (χ3v) is 7.40. The Morgan fingerprint density at radius 3 is 2.47 bits per heavy atom. The molecule has 7 heteroatoms. The summed E-state index contributed by atoms with van der Waals surface area (Å²) in [5.74, 6) is -0.563. The van der Waals surface area contributed by atoms with Gasteiger partial charge in [-0.15, -0.1) is 0 Å². The summed E-state index contributed by atoms with van der Waals surface area (Å²) in [5, 5.41) is 16.0. The summed E-state index contributed by atoms with van der Waals surface area (Å²) in [6.07, 6.45) is 13.5. The quantitative estimate of drug-likeness (QED) is 0.134. The van der Waals surface area contributed by atoms with Gasteiger partial charge in [-0.3, -0.25) is 9.28 Å². The van der Waals surface area contributed by atoms with Crippen LogP contribution < -0.4 is 22.1 Å². The van der Waals surface area contributed by atoms with E-state index in [4.69, 9.17) is 11.5 Å². The lowest BCUT2D eigenvalue weighted by Gasteiger charge is -2.35. The smallest absolute Gasteiger partial charge is 0.232 e. The number of rotatable bonds is 17. The van der Waals surface area contributed by atoms with Crippen LogP contribution in [0.1, 0.15) is 86.0 Å². The fourth-order valence-electron chi connectivity index (χ4n) is 4.67. The number of nitrogens with two attached hydrogens (primary N) is 2. The van der Waals surface area contributed by atoms with Gasteiger partial charge in [0.25, 0.3) is 0 Å². The highest BCUT2D eigenvalue weighted by Crippen LogP contribution is 2.22. The van der Waals surface area contributed by atoms with Crippen molar-refractivity contribution >= 4 is 5.91 Å². The lowest BCUT2D eigenvalue weighted by atomic mass is 9.90. The number of nitriles is 1. The first-order valence-electron chi connectivity index (χ1n) is 14.0. The van der Waals surface area contributed by atoms with Gasteiger partial charge < -0.3 is 22.1 Å². The number of likely N-dealkylation sites (N-methyl/N-ethyl adjacent to an activating group) is 1. The third-order valence-electron chi connectivity index (χ3n) is 7.40. The second-order valence-electron chi connectivity index (χ2n) is 10.6. The summed E-state index contributed by atoms with van der Waals surface area (Å²) in [4.78, 5) is 13.7. The molecule has 0 radical (unpaired) electrons. The van der Waals surface area contributed by atoms with Crippen LogP contribution in [0.3, 0.4) is 0 Å². The van der Waals surface area contributed by atoms with Gasteiger partial charge in [-0.05, 0) is 56.7 Å². The highest BCUT2D eigenvalue weighted by Gasteiger charge is 2.34. The molecule has 1 aliphatic rings. The molecular formula is C29H53N6O+. The molecule has 0 aliphatic carbocycles. The first-order chi connectivity index (χ1) is 17.1. The van der Waals surface area contributed by atoms with Crippen LogP contribution in [0.4, 0.5) is 0 Å². The molecule has 0 fully saturated rings. The maximum Gasteiger partial charge on any atom is 0.232 e. The largest absolute Gasteiger partial charge is 0.324 e. The molecule has 0 spiro atoms. The monoisotopic (exact) mass is 501 g/mol. The van der Waals surface area contributed by atoms with Crippen molar-refractivity contribution in [3.63, 3.8) is 0 Å². The predicted molar refractivity (Wildman–Crippen MR) is 150 cm³/mol. The van der Waals surface area contributed by atoms with Crippen LogP contribution in [0.25, 0.3) is 0 Å². The van der Waals surface area contributed by atoms with E-state index < -0.39 is 12.1 Å². The molecule has 0 aromatic rings. The number of amides is 1. The molecule has 7 nitrogen and oxygen atoms in total. The number of quaternary nitrogens is 1. The second-order valence-corrected chi connectivity index (χ2v) is 10.6. The predicted octanol–water partition coefficient (Wildman–Crippen LogP) is 4.43. The summed E-state index contributed by atoms with van der Waals surface area (Å²) >= 11 is 0. The van der Waals surface area contributed by atoms with Crippen molar-refractivity contribution in [2.24, 2.45) is 23.3 Å². The van der Waals surface area contributed by atoms with E-state index in [0.717, 1.165) is 73.8 Å². The van der Waals surface area contributed by atoms with Gasteiger partial charge in [0.1, 0.15) is 6.54 Å². The Balaban J connectivity index is 3.22. The van der Waals surface area contributed by atoms with E-state index in [9.17, 15) is 10.1 Å². The minimum atomic E-state index is -0.819. The number of carbonyl (C=O) groups is 1. The summed E-state index contributed by atoms with van der Waals surface area (Å²) in [6, 6.07) is 1.98. The minimum absolute atomic E-state index is 0.148.